The lowest BCUT2D eigenvalue weighted by atomic mass is 10.0. The third-order valence-corrected chi connectivity index (χ3v) is 2.59. The number of hydrogen-bond donors (Lipinski definition) is 2. The molecular formula is C11H13NO4. The fourth-order valence-corrected chi connectivity index (χ4v) is 1.52. The first-order valence-corrected chi connectivity index (χ1v) is 4.87. The molecule has 0 aliphatic carbocycles. The van der Waals surface area contributed by atoms with E-state index in [1.54, 1.807) is 32.2 Å². The molecule has 1 atom stereocenters. The lowest BCUT2D eigenvalue weighted by molar-refractivity contribution is -0.143. The molecule has 1 heterocycles. The summed E-state index contributed by atoms with van der Waals surface area (Å²) in [6, 6.07) is 5.22. The Morgan fingerprint density at radius 1 is 1.62 bits per heavy atom. The molecule has 16 heavy (non-hydrogen) atoms. The van der Waals surface area contributed by atoms with Crippen LogP contribution in [-0.4, -0.2) is 30.3 Å². The molecule has 1 aromatic carbocycles. The predicted octanol–water partition coefficient (Wildman–Crippen LogP) is 1.34. The molecule has 2 rings (SSSR count). The van der Waals surface area contributed by atoms with E-state index < -0.39 is 11.5 Å². The summed E-state index contributed by atoms with van der Waals surface area (Å²) in [7, 11) is 1.57. The van der Waals surface area contributed by atoms with E-state index >= 15 is 0 Å². The van der Waals surface area contributed by atoms with Crippen molar-refractivity contribution >= 4 is 11.7 Å². The number of nitrogens with one attached hydrogen (secondary N) is 1. The molecule has 86 valence electrons. The van der Waals surface area contributed by atoms with Gasteiger partial charge in [-0.2, -0.15) is 0 Å². The summed E-state index contributed by atoms with van der Waals surface area (Å²) in [6.45, 7) is 1.67. The average Bonchev–Trinajstić information content (AvgIpc) is 2.28. The van der Waals surface area contributed by atoms with Gasteiger partial charge in [0.1, 0.15) is 18.1 Å². The molecule has 0 saturated carbocycles. The van der Waals surface area contributed by atoms with Crippen molar-refractivity contribution in [2.45, 2.75) is 12.5 Å². The molecule has 0 amide bonds. The van der Waals surface area contributed by atoms with Gasteiger partial charge in [0.2, 0.25) is 0 Å². The van der Waals surface area contributed by atoms with Crippen LogP contribution in [0.25, 0.3) is 0 Å². The van der Waals surface area contributed by atoms with E-state index in [1.165, 1.54) is 0 Å². The quantitative estimate of drug-likeness (QED) is 0.792. The van der Waals surface area contributed by atoms with Crippen LogP contribution >= 0.6 is 0 Å². The predicted molar refractivity (Wildman–Crippen MR) is 58.2 cm³/mol. The van der Waals surface area contributed by atoms with Crippen molar-refractivity contribution in [1.29, 1.82) is 0 Å². The van der Waals surface area contributed by atoms with Crippen LogP contribution in [0.3, 0.4) is 0 Å². The number of methoxy groups -OCH3 is 1. The van der Waals surface area contributed by atoms with Gasteiger partial charge in [0.05, 0.1) is 12.8 Å². The Morgan fingerprint density at radius 3 is 3.00 bits per heavy atom. The molecule has 1 aliphatic heterocycles. The maximum Gasteiger partial charge on any atom is 0.332 e. The minimum atomic E-state index is -1.08. The third-order valence-electron chi connectivity index (χ3n) is 2.59. The number of ether oxygens (including phenoxy) is 2. The highest BCUT2D eigenvalue weighted by molar-refractivity contribution is 5.84. The molecule has 0 aromatic heterocycles. The molecule has 2 N–H and O–H groups in total. The first-order chi connectivity index (χ1) is 7.55. The Balaban J connectivity index is 2.32. The van der Waals surface area contributed by atoms with Gasteiger partial charge in [0.25, 0.3) is 0 Å². The highest BCUT2D eigenvalue weighted by atomic mass is 16.5. The fraction of sp³-hybridized carbons (Fsp3) is 0.364. The Kier molecular flexibility index (Phi) is 2.38. The van der Waals surface area contributed by atoms with Gasteiger partial charge in [-0.05, 0) is 19.1 Å². The lowest BCUT2D eigenvalue weighted by Gasteiger charge is -2.33. The van der Waals surface area contributed by atoms with Crippen LogP contribution in [0.2, 0.25) is 0 Å². The van der Waals surface area contributed by atoms with E-state index in [0.29, 0.717) is 17.2 Å². The summed E-state index contributed by atoms with van der Waals surface area (Å²) in [5.74, 6) is 0.353. The number of carbonyl (C=O) groups is 1. The van der Waals surface area contributed by atoms with Crippen molar-refractivity contribution in [2.24, 2.45) is 0 Å². The smallest absolute Gasteiger partial charge is 0.332 e. The average molecular weight is 223 g/mol. The second kappa shape index (κ2) is 3.59. The first kappa shape index (κ1) is 10.6. The van der Waals surface area contributed by atoms with E-state index in [-0.39, 0.29) is 6.61 Å². The molecule has 0 fully saturated rings. The van der Waals surface area contributed by atoms with Crippen LogP contribution in [0.1, 0.15) is 6.92 Å². The molecule has 1 aromatic rings. The maximum absolute atomic E-state index is 11.0. The van der Waals surface area contributed by atoms with Crippen LogP contribution in [0, 0.1) is 0 Å². The summed E-state index contributed by atoms with van der Waals surface area (Å²) in [6.07, 6.45) is 0. The van der Waals surface area contributed by atoms with Crippen molar-refractivity contribution in [3.63, 3.8) is 0 Å². The largest absolute Gasteiger partial charge is 0.497 e. The zero-order chi connectivity index (χ0) is 11.8. The zero-order valence-electron chi connectivity index (χ0n) is 9.11. The van der Waals surface area contributed by atoms with Crippen molar-refractivity contribution in [3.8, 4) is 11.5 Å². The summed E-state index contributed by atoms with van der Waals surface area (Å²) in [4.78, 5) is 11.0. The molecule has 0 radical (unpaired) electrons. The van der Waals surface area contributed by atoms with E-state index in [9.17, 15) is 4.79 Å². The minimum Gasteiger partial charge on any atom is -0.497 e. The second-order valence-corrected chi connectivity index (χ2v) is 3.91. The molecule has 1 aliphatic rings. The summed E-state index contributed by atoms with van der Waals surface area (Å²) >= 11 is 0. The molecule has 0 bridgehead atoms. The topological polar surface area (TPSA) is 67.8 Å². The van der Waals surface area contributed by atoms with Gasteiger partial charge in [0, 0.05) is 6.07 Å². The maximum atomic E-state index is 11.0. The number of aliphatic carboxylic acids is 1. The number of anilines is 1. The Hall–Kier alpha value is -1.91. The molecule has 1 unspecified atom stereocenters. The fourth-order valence-electron chi connectivity index (χ4n) is 1.52. The first-order valence-electron chi connectivity index (χ1n) is 4.87. The summed E-state index contributed by atoms with van der Waals surface area (Å²) < 4.78 is 10.5. The Bertz CT molecular complexity index is 432. The highest BCUT2D eigenvalue weighted by Crippen LogP contribution is 2.35. The van der Waals surface area contributed by atoms with Crippen LogP contribution in [0.4, 0.5) is 5.69 Å². The second-order valence-electron chi connectivity index (χ2n) is 3.91. The molecule has 5 nitrogen and oxygen atoms in total. The SMILES string of the molecule is COc1ccc2c(c1)OCC(C)(C(=O)O)N2. The van der Waals surface area contributed by atoms with Crippen LogP contribution in [0.15, 0.2) is 18.2 Å². The molecule has 0 saturated heterocycles. The standard InChI is InChI=1S/C11H13NO4/c1-11(10(13)14)6-16-9-5-7(15-2)3-4-8(9)12-11/h3-5,12H,6H2,1-2H3,(H,13,14). The number of hydrogen-bond acceptors (Lipinski definition) is 4. The number of fused-ring (bicyclic) bond motifs is 1. The van der Waals surface area contributed by atoms with Gasteiger partial charge in [-0.25, -0.2) is 4.79 Å². The number of carboxylic acid groups (broad SMARTS) is 1. The van der Waals surface area contributed by atoms with E-state index in [2.05, 4.69) is 5.32 Å². The van der Waals surface area contributed by atoms with Crippen LogP contribution in [-0.2, 0) is 4.79 Å². The lowest BCUT2D eigenvalue weighted by Crippen LogP contribution is -2.50. The third kappa shape index (κ3) is 1.64. The number of benzene rings is 1. The van der Waals surface area contributed by atoms with Crippen LogP contribution in [0.5, 0.6) is 11.5 Å². The normalized spacial score (nSPS) is 22.6. The van der Waals surface area contributed by atoms with E-state index in [4.69, 9.17) is 14.6 Å². The van der Waals surface area contributed by atoms with Crippen LogP contribution < -0.4 is 14.8 Å². The monoisotopic (exact) mass is 223 g/mol. The van der Waals surface area contributed by atoms with Crippen molar-refractivity contribution in [3.05, 3.63) is 18.2 Å². The van der Waals surface area contributed by atoms with E-state index in [0.717, 1.165) is 0 Å². The van der Waals surface area contributed by atoms with Gasteiger partial charge < -0.3 is 19.9 Å². The Morgan fingerprint density at radius 2 is 2.38 bits per heavy atom. The summed E-state index contributed by atoms with van der Waals surface area (Å²) in [5, 5.41) is 12.0. The number of carboxylic acids is 1. The van der Waals surface area contributed by atoms with Gasteiger partial charge >= 0.3 is 5.97 Å². The number of rotatable bonds is 2. The van der Waals surface area contributed by atoms with Crippen molar-refractivity contribution in [1.82, 2.24) is 0 Å². The summed E-state index contributed by atoms with van der Waals surface area (Å²) in [5.41, 5.74) is -0.418. The van der Waals surface area contributed by atoms with Crippen molar-refractivity contribution in [2.75, 3.05) is 19.0 Å². The molecule has 5 heteroatoms. The minimum absolute atomic E-state index is 0.0858. The van der Waals surface area contributed by atoms with E-state index in [1.807, 2.05) is 0 Å². The van der Waals surface area contributed by atoms with Gasteiger partial charge in [-0.1, -0.05) is 0 Å². The highest BCUT2D eigenvalue weighted by Gasteiger charge is 2.38. The molecular weight excluding hydrogens is 210 g/mol. The van der Waals surface area contributed by atoms with Gasteiger partial charge in [-0.15, -0.1) is 0 Å². The van der Waals surface area contributed by atoms with Gasteiger partial charge in [0.15, 0.2) is 5.54 Å². The van der Waals surface area contributed by atoms with Crippen molar-refractivity contribution < 1.29 is 19.4 Å². The zero-order valence-corrected chi connectivity index (χ0v) is 9.11. The van der Waals surface area contributed by atoms with Gasteiger partial charge in [-0.3, -0.25) is 0 Å². The molecule has 0 spiro atoms. The Labute approximate surface area is 93.0 Å².